The van der Waals surface area contributed by atoms with Crippen molar-refractivity contribution in [2.75, 3.05) is 5.32 Å². The van der Waals surface area contributed by atoms with Crippen molar-refractivity contribution in [1.29, 1.82) is 5.26 Å². The summed E-state index contributed by atoms with van der Waals surface area (Å²) < 4.78 is 0.894. The summed E-state index contributed by atoms with van der Waals surface area (Å²) in [5, 5.41) is 12.3. The lowest BCUT2D eigenvalue weighted by Crippen LogP contribution is -1.98. The van der Waals surface area contributed by atoms with E-state index in [2.05, 4.69) is 60.2 Å². The molecule has 0 amide bonds. The highest BCUT2D eigenvalue weighted by molar-refractivity contribution is 9.10. The summed E-state index contributed by atoms with van der Waals surface area (Å²) in [5.41, 5.74) is 6.43. The molecule has 0 saturated heterocycles. The maximum Gasteiger partial charge on any atom is 0.0992 e. The Balaban J connectivity index is 2.40. The molecule has 2 rings (SSSR count). The molecule has 0 aliphatic heterocycles. The van der Waals surface area contributed by atoms with Crippen molar-refractivity contribution in [3.05, 3.63) is 57.1 Å². The average molecular weight is 315 g/mol. The van der Waals surface area contributed by atoms with Gasteiger partial charge in [-0.15, -0.1) is 0 Å². The summed E-state index contributed by atoms with van der Waals surface area (Å²) in [6.07, 6.45) is 0. The first-order valence-electron chi connectivity index (χ1n) is 6.06. The van der Waals surface area contributed by atoms with Gasteiger partial charge in [0.25, 0.3) is 0 Å². The molecule has 0 bridgehead atoms. The van der Waals surface area contributed by atoms with Crippen molar-refractivity contribution in [3.63, 3.8) is 0 Å². The van der Waals surface area contributed by atoms with Gasteiger partial charge >= 0.3 is 0 Å². The molecule has 2 aromatic carbocycles. The molecule has 0 aliphatic carbocycles. The largest absolute Gasteiger partial charge is 0.354 e. The van der Waals surface area contributed by atoms with Gasteiger partial charge in [0.15, 0.2) is 0 Å². The first-order valence-corrected chi connectivity index (χ1v) is 6.85. The molecule has 0 fully saturated rings. The summed E-state index contributed by atoms with van der Waals surface area (Å²) in [6, 6.07) is 12.0. The quantitative estimate of drug-likeness (QED) is 0.847. The van der Waals surface area contributed by atoms with Crippen LogP contribution in [0.4, 0.5) is 11.4 Å². The van der Waals surface area contributed by atoms with Crippen LogP contribution in [-0.2, 0) is 0 Å². The molecule has 2 nitrogen and oxygen atoms in total. The SMILES string of the molecule is Cc1cc(C)c(Nc2ccc(C#N)cc2Br)c(C)c1. The number of nitrogens with zero attached hydrogens (tertiary/aromatic N) is 1. The standard InChI is InChI=1S/C16H15BrN2/c1-10-6-11(2)16(12(3)7-10)19-15-5-4-13(9-18)8-14(15)17/h4-8,19H,1-3H3. The molecule has 0 atom stereocenters. The fourth-order valence-electron chi connectivity index (χ4n) is 2.20. The second-order valence-electron chi connectivity index (χ2n) is 4.71. The van der Waals surface area contributed by atoms with Gasteiger partial charge in [0.2, 0.25) is 0 Å². The number of nitriles is 1. The molecule has 0 radical (unpaired) electrons. The van der Waals surface area contributed by atoms with Crippen LogP contribution in [0.3, 0.4) is 0 Å². The number of hydrogen-bond donors (Lipinski definition) is 1. The molecule has 0 unspecified atom stereocenters. The minimum absolute atomic E-state index is 0.648. The highest BCUT2D eigenvalue weighted by Gasteiger charge is 2.07. The van der Waals surface area contributed by atoms with Gasteiger partial charge in [-0.3, -0.25) is 0 Å². The highest BCUT2D eigenvalue weighted by atomic mass is 79.9. The van der Waals surface area contributed by atoms with Crippen LogP contribution in [0.5, 0.6) is 0 Å². The predicted molar refractivity (Wildman–Crippen MR) is 82.8 cm³/mol. The van der Waals surface area contributed by atoms with Crippen molar-refractivity contribution in [3.8, 4) is 6.07 Å². The third kappa shape index (κ3) is 2.97. The van der Waals surface area contributed by atoms with Gasteiger partial charge in [-0.25, -0.2) is 0 Å². The highest BCUT2D eigenvalue weighted by Crippen LogP contribution is 2.30. The zero-order valence-electron chi connectivity index (χ0n) is 11.2. The zero-order valence-corrected chi connectivity index (χ0v) is 12.8. The smallest absolute Gasteiger partial charge is 0.0992 e. The number of halogens is 1. The Morgan fingerprint density at radius 3 is 2.21 bits per heavy atom. The summed E-state index contributed by atoms with van der Waals surface area (Å²) in [5.74, 6) is 0. The predicted octanol–water partition coefficient (Wildman–Crippen LogP) is 4.99. The van der Waals surface area contributed by atoms with E-state index < -0.39 is 0 Å². The Labute approximate surface area is 122 Å². The molecule has 0 aromatic heterocycles. The van der Waals surface area contributed by atoms with Crippen molar-refractivity contribution >= 4 is 27.3 Å². The molecule has 0 heterocycles. The van der Waals surface area contributed by atoms with Crippen molar-refractivity contribution < 1.29 is 0 Å². The van der Waals surface area contributed by atoms with Crippen LogP contribution in [0, 0.1) is 32.1 Å². The van der Waals surface area contributed by atoms with E-state index in [9.17, 15) is 0 Å². The molecule has 1 N–H and O–H groups in total. The Kier molecular flexibility index (Phi) is 3.92. The van der Waals surface area contributed by atoms with Crippen LogP contribution in [0.15, 0.2) is 34.8 Å². The van der Waals surface area contributed by atoms with Gasteiger partial charge < -0.3 is 5.32 Å². The fraction of sp³-hybridized carbons (Fsp3) is 0.188. The van der Waals surface area contributed by atoms with Gasteiger partial charge in [0.05, 0.1) is 17.3 Å². The molecule has 0 spiro atoms. The van der Waals surface area contributed by atoms with E-state index in [0.717, 1.165) is 15.8 Å². The van der Waals surface area contributed by atoms with E-state index in [4.69, 9.17) is 5.26 Å². The molecule has 0 saturated carbocycles. The first-order chi connectivity index (χ1) is 9.01. The summed E-state index contributed by atoms with van der Waals surface area (Å²) in [4.78, 5) is 0. The molecule has 3 heteroatoms. The number of hydrogen-bond acceptors (Lipinski definition) is 2. The lowest BCUT2D eigenvalue weighted by Gasteiger charge is -2.15. The number of nitrogens with one attached hydrogen (secondary N) is 1. The van der Waals surface area contributed by atoms with Gasteiger partial charge in [0, 0.05) is 10.2 Å². The Morgan fingerprint density at radius 1 is 1.05 bits per heavy atom. The van der Waals surface area contributed by atoms with E-state index in [-0.39, 0.29) is 0 Å². The third-order valence-corrected chi connectivity index (χ3v) is 3.69. The normalized spacial score (nSPS) is 10.1. The summed E-state index contributed by atoms with van der Waals surface area (Å²) >= 11 is 3.50. The Hall–Kier alpha value is -1.79. The second kappa shape index (κ2) is 5.46. The van der Waals surface area contributed by atoms with E-state index in [1.807, 2.05) is 18.2 Å². The lowest BCUT2D eigenvalue weighted by molar-refractivity contribution is 1.31. The average Bonchev–Trinajstić information content (AvgIpc) is 2.35. The van der Waals surface area contributed by atoms with E-state index in [1.54, 1.807) is 0 Å². The zero-order chi connectivity index (χ0) is 14.0. The maximum atomic E-state index is 8.87. The number of benzene rings is 2. The maximum absolute atomic E-state index is 8.87. The second-order valence-corrected chi connectivity index (χ2v) is 5.56. The molecular formula is C16H15BrN2. The van der Waals surface area contributed by atoms with Crippen LogP contribution < -0.4 is 5.32 Å². The van der Waals surface area contributed by atoms with Gasteiger partial charge in [-0.2, -0.15) is 5.26 Å². The fourth-order valence-corrected chi connectivity index (χ4v) is 2.68. The molecule has 2 aromatic rings. The van der Waals surface area contributed by atoms with Crippen molar-refractivity contribution in [2.24, 2.45) is 0 Å². The van der Waals surface area contributed by atoms with E-state index >= 15 is 0 Å². The molecule has 0 aliphatic rings. The number of rotatable bonds is 2. The van der Waals surface area contributed by atoms with Crippen LogP contribution in [0.2, 0.25) is 0 Å². The first kappa shape index (κ1) is 13.6. The monoisotopic (exact) mass is 314 g/mol. The Morgan fingerprint density at radius 2 is 1.68 bits per heavy atom. The van der Waals surface area contributed by atoms with Crippen LogP contribution >= 0.6 is 15.9 Å². The minimum atomic E-state index is 0.648. The van der Waals surface area contributed by atoms with Gasteiger partial charge in [-0.1, -0.05) is 17.7 Å². The third-order valence-electron chi connectivity index (χ3n) is 3.03. The molecular weight excluding hydrogens is 300 g/mol. The topological polar surface area (TPSA) is 35.8 Å². The molecule has 19 heavy (non-hydrogen) atoms. The van der Waals surface area contributed by atoms with Crippen LogP contribution in [-0.4, -0.2) is 0 Å². The minimum Gasteiger partial charge on any atom is -0.354 e. The van der Waals surface area contributed by atoms with Gasteiger partial charge in [-0.05, 0) is 66.0 Å². The summed E-state index contributed by atoms with van der Waals surface area (Å²) in [6.45, 7) is 6.29. The van der Waals surface area contributed by atoms with E-state index in [1.165, 1.54) is 16.7 Å². The van der Waals surface area contributed by atoms with Crippen LogP contribution in [0.1, 0.15) is 22.3 Å². The summed E-state index contributed by atoms with van der Waals surface area (Å²) in [7, 11) is 0. The van der Waals surface area contributed by atoms with Crippen LogP contribution in [0.25, 0.3) is 0 Å². The number of aryl methyl sites for hydroxylation is 3. The van der Waals surface area contributed by atoms with Gasteiger partial charge in [0.1, 0.15) is 0 Å². The Bertz CT molecular complexity index is 646. The van der Waals surface area contributed by atoms with Crippen molar-refractivity contribution in [1.82, 2.24) is 0 Å². The van der Waals surface area contributed by atoms with Crippen molar-refractivity contribution in [2.45, 2.75) is 20.8 Å². The lowest BCUT2D eigenvalue weighted by atomic mass is 10.0. The number of anilines is 2. The van der Waals surface area contributed by atoms with E-state index in [0.29, 0.717) is 5.56 Å². The molecule has 96 valence electrons.